The van der Waals surface area contributed by atoms with E-state index in [1.165, 1.54) is 24.3 Å². The first kappa shape index (κ1) is 23.1. The molecular weight excluding hydrogens is 498 g/mol. The van der Waals surface area contributed by atoms with E-state index in [-0.39, 0.29) is 55.2 Å². The molecule has 6 rings (SSSR count). The largest absolute Gasteiger partial charge is 0.389 e. The molecule has 0 radical (unpaired) electrons. The zero-order valence-electron chi connectivity index (χ0n) is 19.5. The highest BCUT2D eigenvalue weighted by Gasteiger charge is 2.36. The van der Waals surface area contributed by atoms with Crippen LogP contribution >= 0.6 is 11.3 Å². The summed E-state index contributed by atoms with van der Waals surface area (Å²) in [4.78, 5) is 33.7. The maximum Gasteiger partial charge on any atom is 0.256 e. The molecule has 0 bridgehead atoms. The topological polar surface area (TPSA) is 108 Å². The van der Waals surface area contributed by atoms with E-state index in [0.717, 1.165) is 11.3 Å². The van der Waals surface area contributed by atoms with Gasteiger partial charge in [0.1, 0.15) is 28.2 Å². The van der Waals surface area contributed by atoms with Gasteiger partial charge in [0, 0.05) is 37.1 Å². The predicted octanol–water partition coefficient (Wildman–Crippen LogP) is 3.89. The summed E-state index contributed by atoms with van der Waals surface area (Å²) in [6.07, 6.45) is 3.39. The fraction of sp³-hybridized carbons (Fsp3) is 0.231. The molecule has 2 aliphatic rings. The Morgan fingerprint density at radius 3 is 2.81 bits per heavy atom. The van der Waals surface area contributed by atoms with Gasteiger partial charge in [0.05, 0.1) is 33.7 Å². The smallest absolute Gasteiger partial charge is 0.256 e. The fourth-order valence-electron chi connectivity index (χ4n) is 5.47. The quantitative estimate of drug-likeness (QED) is 0.405. The van der Waals surface area contributed by atoms with Crippen molar-refractivity contribution in [3.8, 4) is 17.2 Å². The number of amides is 2. The van der Waals surface area contributed by atoms with Crippen LogP contribution in [-0.2, 0) is 11.3 Å². The number of piperazine rings is 1. The summed E-state index contributed by atoms with van der Waals surface area (Å²) in [5, 5.41) is 10.1. The lowest BCUT2D eigenvalue weighted by atomic mass is 9.94. The van der Waals surface area contributed by atoms with E-state index in [1.807, 2.05) is 10.6 Å². The number of nitrogen functional groups attached to an aromatic ring is 1. The number of carbonyl (C=O) groups excluding carboxylic acids is 2. The number of aromatic nitrogens is 2. The van der Waals surface area contributed by atoms with Gasteiger partial charge in [0.15, 0.2) is 0 Å². The molecule has 1 saturated heterocycles. The van der Waals surface area contributed by atoms with Crippen LogP contribution in [-0.4, -0.2) is 56.8 Å². The number of halogens is 2. The van der Waals surface area contributed by atoms with Crippen LogP contribution in [0.4, 0.5) is 13.8 Å². The number of anilines is 1. The van der Waals surface area contributed by atoms with Gasteiger partial charge in [-0.05, 0) is 30.2 Å². The van der Waals surface area contributed by atoms with Gasteiger partial charge in [-0.15, -0.1) is 11.3 Å². The number of nitrogens with two attached hydrogens (primary N) is 1. The van der Waals surface area contributed by atoms with Crippen molar-refractivity contribution in [1.82, 2.24) is 19.4 Å². The molecule has 2 amide bonds. The van der Waals surface area contributed by atoms with Crippen molar-refractivity contribution in [1.29, 1.82) is 5.26 Å². The molecule has 0 saturated carbocycles. The van der Waals surface area contributed by atoms with Gasteiger partial charge in [0.25, 0.3) is 5.91 Å². The Kier molecular flexibility index (Phi) is 5.24. The van der Waals surface area contributed by atoms with Crippen LogP contribution in [0.3, 0.4) is 0 Å². The molecule has 0 aliphatic carbocycles. The summed E-state index contributed by atoms with van der Waals surface area (Å²) < 4.78 is 32.5. The zero-order chi connectivity index (χ0) is 26.0. The Morgan fingerprint density at radius 1 is 1.24 bits per heavy atom. The van der Waals surface area contributed by atoms with Gasteiger partial charge in [-0.25, -0.2) is 13.8 Å². The normalized spacial score (nSPS) is 17.4. The number of fused-ring (bicyclic) bond motifs is 2. The molecule has 8 nitrogen and oxygen atoms in total. The van der Waals surface area contributed by atoms with E-state index in [4.69, 9.17) is 5.73 Å². The Bertz CT molecular complexity index is 1700. The maximum atomic E-state index is 15.9. The number of hydrogen-bond acceptors (Lipinski definition) is 6. The summed E-state index contributed by atoms with van der Waals surface area (Å²) in [5.41, 5.74) is 7.34. The number of benzene rings is 2. The molecule has 11 heteroatoms. The highest BCUT2D eigenvalue weighted by atomic mass is 32.1. The number of thiophene rings is 1. The fourth-order valence-corrected chi connectivity index (χ4v) is 6.42. The first-order valence-electron chi connectivity index (χ1n) is 11.6. The van der Waals surface area contributed by atoms with Crippen molar-refractivity contribution in [2.45, 2.75) is 19.0 Å². The van der Waals surface area contributed by atoms with Crippen molar-refractivity contribution in [3.63, 3.8) is 0 Å². The van der Waals surface area contributed by atoms with Crippen LogP contribution in [0.25, 0.3) is 32.2 Å². The Hall–Kier alpha value is -4.30. The molecule has 2 aliphatic heterocycles. The monoisotopic (exact) mass is 518 g/mol. The number of nitrogens with zero attached hydrogens (tertiary/aromatic N) is 5. The number of hydrogen-bond donors (Lipinski definition) is 1. The molecule has 37 heavy (non-hydrogen) atoms. The summed E-state index contributed by atoms with van der Waals surface area (Å²) in [7, 11) is 0. The molecule has 2 aromatic carbocycles. The lowest BCUT2D eigenvalue weighted by Crippen LogP contribution is -2.57. The molecule has 1 fully saturated rings. The zero-order valence-corrected chi connectivity index (χ0v) is 20.3. The maximum absolute atomic E-state index is 15.9. The van der Waals surface area contributed by atoms with Crippen LogP contribution in [0.15, 0.2) is 37.2 Å². The van der Waals surface area contributed by atoms with Crippen molar-refractivity contribution < 1.29 is 18.4 Å². The van der Waals surface area contributed by atoms with Crippen molar-refractivity contribution in [2.75, 3.05) is 25.4 Å². The summed E-state index contributed by atoms with van der Waals surface area (Å²) in [6, 6.07) is 5.60. The van der Waals surface area contributed by atoms with E-state index < -0.39 is 11.6 Å². The molecule has 1 unspecified atom stereocenters. The van der Waals surface area contributed by atoms with E-state index in [0.29, 0.717) is 43.7 Å². The standard InChI is InChI=1S/C26H20F2N6O2S/c1-2-19(35)32-7-8-34-13(11-32)5-6-33-12-31-22-21(18(28)9-15(23(22)33)26(34)36)14-3-4-17(27)24-20(14)16(10-29)25(30)37-24/h2-4,9,12-13H,1,5-8,11,30H2. The second-order valence-electron chi connectivity index (χ2n) is 9.10. The number of carbonyl (C=O) groups is 2. The third-order valence-corrected chi connectivity index (χ3v) is 8.23. The van der Waals surface area contributed by atoms with Crippen LogP contribution in [0.5, 0.6) is 0 Å². The van der Waals surface area contributed by atoms with Gasteiger partial charge in [0.2, 0.25) is 5.91 Å². The van der Waals surface area contributed by atoms with Gasteiger partial charge >= 0.3 is 0 Å². The third kappa shape index (κ3) is 3.33. The summed E-state index contributed by atoms with van der Waals surface area (Å²) in [5.74, 6) is -1.79. The Morgan fingerprint density at radius 2 is 2.05 bits per heavy atom. The minimum absolute atomic E-state index is 0.0811. The van der Waals surface area contributed by atoms with Gasteiger partial charge in [-0.1, -0.05) is 12.6 Å². The van der Waals surface area contributed by atoms with Crippen molar-refractivity contribution in [3.05, 3.63) is 59.9 Å². The van der Waals surface area contributed by atoms with Gasteiger partial charge in [-0.2, -0.15) is 5.26 Å². The molecule has 186 valence electrons. The highest BCUT2D eigenvalue weighted by Crippen LogP contribution is 2.44. The van der Waals surface area contributed by atoms with E-state index in [1.54, 1.807) is 16.1 Å². The first-order valence-corrected chi connectivity index (χ1v) is 12.5. The average molecular weight is 519 g/mol. The van der Waals surface area contributed by atoms with Crippen LogP contribution in [0.1, 0.15) is 22.3 Å². The SMILES string of the molecule is C=CC(=O)N1CCN2C(=O)c3cc(F)c(-c4ccc(F)c5sc(N)c(C#N)c45)c4ncn(c34)CCC2C1. The first-order chi connectivity index (χ1) is 17.8. The molecular formula is C26H20F2N6O2S. The molecule has 1 atom stereocenters. The molecule has 2 aromatic heterocycles. The summed E-state index contributed by atoms with van der Waals surface area (Å²) in [6.45, 7) is 5.09. The van der Waals surface area contributed by atoms with Gasteiger partial charge in [-0.3, -0.25) is 9.59 Å². The van der Waals surface area contributed by atoms with Crippen molar-refractivity contribution >= 4 is 49.3 Å². The highest BCUT2D eigenvalue weighted by molar-refractivity contribution is 7.23. The lowest BCUT2D eigenvalue weighted by Gasteiger charge is -2.42. The predicted molar refractivity (Wildman–Crippen MR) is 136 cm³/mol. The van der Waals surface area contributed by atoms with E-state index >= 15 is 4.39 Å². The molecule has 2 N–H and O–H groups in total. The van der Waals surface area contributed by atoms with Crippen molar-refractivity contribution in [2.24, 2.45) is 0 Å². The molecule has 4 aromatic rings. The Labute approximate surface area is 213 Å². The van der Waals surface area contributed by atoms with Crippen LogP contribution in [0.2, 0.25) is 0 Å². The third-order valence-electron chi connectivity index (χ3n) is 7.20. The average Bonchev–Trinajstić information content (AvgIpc) is 3.47. The number of rotatable bonds is 2. The van der Waals surface area contributed by atoms with E-state index in [9.17, 15) is 19.2 Å². The van der Waals surface area contributed by atoms with Crippen LogP contribution in [0, 0.1) is 23.0 Å². The minimum atomic E-state index is -0.708. The Balaban J connectivity index is 1.54. The minimum Gasteiger partial charge on any atom is -0.389 e. The second kappa shape index (κ2) is 8.38. The molecule has 4 heterocycles. The summed E-state index contributed by atoms with van der Waals surface area (Å²) >= 11 is 0.934. The number of aryl methyl sites for hydroxylation is 1. The van der Waals surface area contributed by atoms with E-state index in [2.05, 4.69) is 11.6 Å². The van der Waals surface area contributed by atoms with Gasteiger partial charge < -0.3 is 20.1 Å². The van der Waals surface area contributed by atoms with Crippen LogP contribution < -0.4 is 5.73 Å². The second-order valence-corrected chi connectivity index (χ2v) is 10.1. The lowest BCUT2D eigenvalue weighted by molar-refractivity contribution is -0.128. The number of nitriles is 1. The molecule has 0 spiro atoms. The number of imidazole rings is 1.